The van der Waals surface area contributed by atoms with E-state index in [0.29, 0.717) is 12.8 Å². The lowest BCUT2D eigenvalue weighted by Crippen LogP contribution is -2.34. The van der Waals surface area contributed by atoms with Crippen LogP contribution in [0.5, 0.6) is 5.75 Å². The molecule has 1 atom stereocenters. The standard InChI is InChI=1S/C22H36NO5P/c1-4-7-8-9-10-11-22(25)23-20(18-19-12-14-21(24)15-13-19)16-17-29(26,27-5-2)28-6-3/h12-17,20,24H,4-11,18H2,1-3H3,(H,23,25)/b17-16+/t20-/m0/s1. The van der Waals surface area contributed by atoms with Crippen molar-refractivity contribution in [3.05, 3.63) is 41.7 Å². The molecular weight excluding hydrogens is 389 g/mol. The molecule has 1 aromatic carbocycles. The smallest absolute Gasteiger partial charge is 0.353 e. The van der Waals surface area contributed by atoms with Crippen LogP contribution in [-0.4, -0.2) is 30.3 Å². The molecule has 1 aromatic rings. The summed E-state index contributed by atoms with van der Waals surface area (Å²) in [6, 6.07) is 6.47. The van der Waals surface area contributed by atoms with Crippen LogP contribution in [-0.2, 0) is 24.8 Å². The first-order chi connectivity index (χ1) is 13.9. The monoisotopic (exact) mass is 425 g/mol. The quantitative estimate of drug-likeness (QED) is 0.284. The van der Waals surface area contributed by atoms with Crippen LogP contribution in [0.4, 0.5) is 0 Å². The Bertz CT molecular complexity index is 650. The molecule has 0 aliphatic carbocycles. The minimum absolute atomic E-state index is 0.0300. The van der Waals surface area contributed by atoms with E-state index < -0.39 is 7.60 Å². The summed E-state index contributed by atoms with van der Waals surface area (Å²) in [6.45, 7) is 6.22. The Labute approximate surface area is 175 Å². The van der Waals surface area contributed by atoms with Crippen LogP contribution in [0.1, 0.15) is 64.9 Å². The fourth-order valence-corrected chi connectivity index (χ4v) is 4.30. The number of amides is 1. The van der Waals surface area contributed by atoms with Crippen molar-refractivity contribution in [1.29, 1.82) is 0 Å². The Balaban J connectivity index is 2.79. The molecule has 29 heavy (non-hydrogen) atoms. The molecule has 0 aliphatic heterocycles. The van der Waals surface area contributed by atoms with Gasteiger partial charge in [0.25, 0.3) is 0 Å². The third-order valence-electron chi connectivity index (χ3n) is 4.36. The number of carbonyl (C=O) groups excluding carboxylic acids is 1. The van der Waals surface area contributed by atoms with Crippen LogP contribution >= 0.6 is 7.60 Å². The second-order valence-corrected chi connectivity index (χ2v) is 8.82. The van der Waals surface area contributed by atoms with Crippen molar-refractivity contribution in [2.24, 2.45) is 0 Å². The van der Waals surface area contributed by atoms with E-state index in [-0.39, 0.29) is 30.9 Å². The van der Waals surface area contributed by atoms with Crippen molar-refractivity contribution in [2.75, 3.05) is 13.2 Å². The number of phenolic OH excluding ortho intramolecular Hbond substituents is 1. The Morgan fingerprint density at radius 3 is 2.28 bits per heavy atom. The summed E-state index contributed by atoms with van der Waals surface area (Å²) >= 11 is 0. The van der Waals surface area contributed by atoms with Crippen molar-refractivity contribution in [3.8, 4) is 5.75 Å². The van der Waals surface area contributed by atoms with Gasteiger partial charge in [0.15, 0.2) is 0 Å². The molecule has 0 aliphatic rings. The number of hydrogen-bond acceptors (Lipinski definition) is 5. The molecule has 0 aromatic heterocycles. The molecular formula is C22H36NO5P. The number of aromatic hydroxyl groups is 1. The summed E-state index contributed by atoms with van der Waals surface area (Å²) in [6.07, 6.45) is 8.08. The minimum atomic E-state index is -3.33. The highest BCUT2D eigenvalue weighted by Gasteiger charge is 2.20. The van der Waals surface area contributed by atoms with Gasteiger partial charge in [-0.3, -0.25) is 9.36 Å². The van der Waals surface area contributed by atoms with Gasteiger partial charge in [0.1, 0.15) is 5.75 Å². The summed E-state index contributed by atoms with van der Waals surface area (Å²) in [5, 5.41) is 12.5. The molecule has 0 saturated heterocycles. The molecule has 6 nitrogen and oxygen atoms in total. The lowest BCUT2D eigenvalue weighted by molar-refractivity contribution is -0.121. The lowest BCUT2D eigenvalue weighted by atomic mass is 10.1. The summed E-state index contributed by atoms with van der Waals surface area (Å²) in [5.41, 5.74) is 0.948. The van der Waals surface area contributed by atoms with Crippen molar-refractivity contribution >= 4 is 13.5 Å². The van der Waals surface area contributed by atoms with Gasteiger partial charge in [0, 0.05) is 12.2 Å². The highest BCUT2D eigenvalue weighted by Crippen LogP contribution is 2.49. The van der Waals surface area contributed by atoms with Gasteiger partial charge in [0.05, 0.1) is 19.3 Å². The first kappa shape index (κ1) is 25.4. The Morgan fingerprint density at radius 1 is 1.07 bits per heavy atom. The first-order valence-electron chi connectivity index (χ1n) is 10.6. The molecule has 0 fully saturated rings. The van der Waals surface area contributed by atoms with Gasteiger partial charge in [-0.15, -0.1) is 0 Å². The van der Waals surface area contributed by atoms with Gasteiger partial charge in [-0.2, -0.15) is 0 Å². The molecule has 0 radical (unpaired) electrons. The zero-order valence-electron chi connectivity index (χ0n) is 17.9. The average molecular weight is 426 g/mol. The van der Waals surface area contributed by atoms with Crippen molar-refractivity contribution in [2.45, 2.75) is 71.8 Å². The number of rotatable bonds is 15. The first-order valence-corrected chi connectivity index (χ1v) is 12.2. The van der Waals surface area contributed by atoms with Gasteiger partial charge in [-0.05, 0) is 44.4 Å². The summed E-state index contributed by atoms with van der Waals surface area (Å²) in [4.78, 5) is 12.4. The third-order valence-corrected chi connectivity index (χ3v) is 6.14. The van der Waals surface area contributed by atoms with E-state index in [1.807, 2.05) is 0 Å². The van der Waals surface area contributed by atoms with Crippen LogP contribution in [0.15, 0.2) is 36.2 Å². The summed E-state index contributed by atoms with van der Waals surface area (Å²) in [7, 11) is -3.33. The molecule has 0 heterocycles. The zero-order valence-corrected chi connectivity index (χ0v) is 18.8. The second kappa shape index (κ2) is 14.4. The Morgan fingerprint density at radius 2 is 1.69 bits per heavy atom. The van der Waals surface area contributed by atoms with E-state index in [4.69, 9.17) is 9.05 Å². The molecule has 7 heteroatoms. The summed E-state index contributed by atoms with van der Waals surface area (Å²) < 4.78 is 23.3. The van der Waals surface area contributed by atoms with Gasteiger partial charge >= 0.3 is 7.60 Å². The number of phenols is 1. The van der Waals surface area contributed by atoms with E-state index in [2.05, 4.69) is 12.2 Å². The third kappa shape index (κ3) is 11.2. The molecule has 1 rings (SSSR count). The SMILES string of the molecule is CCCCCCCC(=O)N[C@@H](/C=C/P(=O)(OCC)OCC)Cc1ccc(O)cc1. The molecule has 0 saturated carbocycles. The molecule has 0 bridgehead atoms. The fraction of sp³-hybridized carbons (Fsp3) is 0.591. The maximum atomic E-state index is 12.7. The second-order valence-electron chi connectivity index (χ2n) is 6.93. The van der Waals surface area contributed by atoms with Crippen molar-refractivity contribution < 1.29 is 23.5 Å². The van der Waals surface area contributed by atoms with E-state index in [1.165, 1.54) is 18.7 Å². The summed E-state index contributed by atoms with van der Waals surface area (Å²) in [5.74, 6) is 1.60. The number of benzene rings is 1. The Hall–Kier alpha value is -1.62. The number of nitrogens with one attached hydrogen (secondary N) is 1. The van der Waals surface area contributed by atoms with Gasteiger partial charge < -0.3 is 19.5 Å². The van der Waals surface area contributed by atoms with E-state index >= 15 is 0 Å². The zero-order chi connectivity index (χ0) is 21.5. The maximum Gasteiger partial charge on any atom is 0.353 e. The van der Waals surface area contributed by atoms with Crippen LogP contribution in [0.2, 0.25) is 0 Å². The lowest BCUT2D eigenvalue weighted by Gasteiger charge is -2.18. The van der Waals surface area contributed by atoms with Gasteiger partial charge in [-0.25, -0.2) is 0 Å². The molecule has 164 valence electrons. The predicted octanol–water partition coefficient (Wildman–Crippen LogP) is 5.56. The largest absolute Gasteiger partial charge is 0.508 e. The minimum Gasteiger partial charge on any atom is -0.508 e. The van der Waals surface area contributed by atoms with E-state index in [9.17, 15) is 14.5 Å². The van der Waals surface area contributed by atoms with E-state index in [0.717, 1.165) is 24.8 Å². The fourth-order valence-electron chi connectivity index (χ4n) is 2.91. The normalized spacial score (nSPS) is 12.9. The topological polar surface area (TPSA) is 84.9 Å². The number of carbonyl (C=O) groups is 1. The average Bonchev–Trinajstić information content (AvgIpc) is 2.68. The maximum absolute atomic E-state index is 12.7. The molecule has 2 N–H and O–H groups in total. The Kier molecular flexibility index (Phi) is 12.6. The van der Waals surface area contributed by atoms with Gasteiger partial charge in [-0.1, -0.05) is 50.8 Å². The van der Waals surface area contributed by atoms with Crippen LogP contribution in [0, 0.1) is 0 Å². The predicted molar refractivity (Wildman–Crippen MR) is 117 cm³/mol. The number of hydrogen-bond donors (Lipinski definition) is 2. The van der Waals surface area contributed by atoms with Crippen LogP contribution in [0.3, 0.4) is 0 Å². The van der Waals surface area contributed by atoms with E-state index in [1.54, 1.807) is 44.2 Å². The van der Waals surface area contributed by atoms with Crippen molar-refractivity contribution in [1.82, 2.24) is 5.32 Å². The van der Waals surface area contributed by atoms with Crippen LogP contribution < -0.4 is 5.32 Å². The molecule has 0 unspecified atom stereocenters. The van der Waals surface area contributed by atoms with Crippen LogP contribution in [0.25, 0.3) is 0 Å². The molecule has 1 amide bonds. The number of unbranched alkanes of at least 4 members (excludes halogenated alkanes) is 4. The highest BCUT2D eigenvalue weighted by atomic mass is 31.2. The van der Waals surface area contributed by atoms with Crippen molar-refractivity contribution in [3.63, 3.8) is 0 Å². The molecule has 0 spiro atoms. The highest BCUT2D eigenvalue weighted by molar-refractivity contribution is 7.57. The van der Waals surface area contributed by atoms with Gasteiger partial charge in [0.2, 0.25) is 5.91 Å².